The lowest BCUT2D eigenvalue weighted by molar-refractivity contribution is 0.414. The molecule has 2 aliphatic carbocycles. The first kappa shape index (κ1) is 33.9. The van der Waals surface area contributed by atoms with Gasteiger partial charge in [0.15, 0.2) is 0 Å². The summed E-state index contributed by atoms with van der Waals surface area (Å²) in [6, 6.07) is 69.3. The Bertz CT molecular complexity index is 2720. The van der Waals surface area contributed by atoms with Gasteiger partial charge in [0.1, 0.15) is 5.75 Å². The summed E-state index contributed by atoms with van der Waals surface area (Å²) in [7, 11) is 1.75. The summed E-state index contributed by atoms with van der Waals surface area (Å²) in [6.07, 6.45) is 0. The Labute approximate surface area is 330 Å². The van der Waals surface area contributed by atoms with Gasteiger partial charge in [-0.15, -0.1) is 0 Å². The van der Waals surface area contributed by atoms with Crippen LogP contribution in [0.15, 0.2) is 188 Å². The van der Waals surface area contributed by atoms with Gasteiger partial charge in [-0.05, 0) is 116 Å². The monoisotopic (exact) mass is 721 g/mol. The number of fused-ring (bicyclic) bond motifs is 6. The van der Waals surface area contributed by atoms with E-state index >= 15 is 0 Å². The predicted octanol–water partition coefficient (Wildman–Crippen LogP) is 13.8. The number of aryl methyl sites for hydroxylation is 1. The van der Waals surface area contributed by atoms with E-state index in [1.165, 1.54) is 66.8 Å². The maximum atomic E-state index is 5.86. The highest BCUT2D eigenvalue weighted by atomic mass is 16.5. The van der Waals surface area contributed by atoms with Crippen molar-refractivity contribution in [2.24, 2.45) is 0 Å². The smallest absolute Gasteiger partial charge is 0.121 e. The van der Waals surface area contributed by atoms with Gasteiger partial charge in [-0.1, -0.05) is 159 Å². The van der Waals surface area contributed by atoms with Crippen molar-refractivity contribution in [1.82, 2.24) is 0 Å². The average molecular weight is 722 g/mol. The molecule has 0 aromatic heterocycles. The molecule has 8 aromatic carbocycles. The summed E-state index contributed by atoms with van der Waals surface area (Å²) in [6.45, 7) is 6.86. The Morgan fingerprint density at radius 1 is 0.429 bits per heavy atom. The van der Waals surface area contributed by atoms with Crippen LogP contribution >= 0.6 is 0 Å². The first-order chi connectivity index (χ1) is 27.4. The maximum Gasteiger partial charge on any atom is 0.121 e. The van der Waals surface area contributed by atoms with E-state index in [1.54, 1.807) is 7.11 Å². The number of hydrogen-bond donors (Lipinski definition) is 0. The minimum Gasteiger partial charge on any atom is -0.497 e. The quantitative estimate of drug-likeness (QED) is 0.162. The van der Waals surface area contributed by atoms with E-state index in [1.807, 2.05) is 0 Å². The van der Waals surface area contributed by atoms with E-state index in [9.17, 15) is 0 Å². The molecular formula is C54H43NO. The minimum atomic E-state index is -0.498. The van der Waals surface area contributed by atoms with Crippen molar-refractivity contribution >= 4 is 17.1 Å². The van der Waals surface area contributed by atoms with Crippen LogP contribution in [-0.4, -0.2) is 7.11 Å². The van der Waals surface area contributed by atoms with Crippen LogP contribution in [-0.2, 0) is 10.8 Å². The van der Waals surface area contributed by atoms with Crippen LogP contribution < -0.4 is 9.64 Å². The Kier molecular flexibility index (Phi) is 7.87. The molecule has 0 atom stereocenters. The molecule has 0 unspecified atom stereocenters. The van der Waals surface area contributed by atoms with E-state index in [-0.39, 0.29) is 5.41 Å². The van der Waals surface area contributed by atoms with Crippen LogP contribution in [0.3, 0.4) is 0 Å². The molecule has 0 aliphatic heterocycles. The van der Waals surface area contributed by atoms with Crippen LogP contribution in [0.5, 0.6) is 5.75 Å². The Hall–Kier alpha value is -6.64. The van der Waals surface area contributed by atoms with Crippen molar-refractivity contribution in [3.63, 3.8) is 0 Å². The molecule has 56 heavy (non-hydrogen) atoms. The SMILES string of the molecule is COc1cc(C)cc(N(c2ccc(-c3cccc4c3C(C)(C)c3ccccc3-4)cc2)c2ccc3c(c2)C(c2ccccc2)(c2ccccc2)c2ccccc2-3)c1. The third-order valence-electron chi connectivity index (χ3n) is 12.2. The predicted molar refractivity (Wildman–Crippen MR) is 233 cm³/mol. The van der Waals surface area contributed by atoms with Crippen molar-refractivity contribution in [2.75, 3.05) is 12.0 Å². The molecular weight excluding hydrogens is 679 g/mol. The molecule has 0 bridgehead atoms. The van der Waals surface area contributed by atoms with Crippen LogP contribution in [0.25, 0.3) is 33.4 Å². The van der Waals surface area contributed by atoms with E-state index in [2.05, 4.69) is 214 Å². The fourth-order valence-corrected chi connectivity index (χ4v) is 9.87. The van der Waals surface area contributed by atoms with Crippen molar-refractivity contribution in [3.8, 4) is 39.1 Å². The van der Waals surface area contributed by atoms with Gasteiger partial charge in [0.2, 0.25) is 0 Å². The van der Waals surface area contributed by atoms with Gasteiger partial charge in [-0.25, -0.2) is 0 Å². The van der Waals surface area contributed by atoms with Gasteiger partial charge in [0, 0.05) is 22.9 Å². The zero-order valence-electron chi connectivity index (χ0n) is 32.3. The third kappa shape index (κ3) is 5.02. The summed E-state index contributed by atoms with van der Waals surface area (Å²) >= 11 is 0. The van der Waals surface area contributed by atoms with E-state index in [0.717, 1.165) is 28.4 Å². The normalized spacial score (nSPS) is 14.0. The maximum absolute atomic E-state index is 5.86. The summed E-state index contributed by atoms with van der Waals surface area (Å²) in [4.78, 5) is 2.39. The number of ether oxygens (including phenoxy) is 1. The molecule has 0 saturated heterocycles. The lowest BCUT2D eigenvalue weighted by atomic mass is 9.67. The van der Waals surface area contributed by atoms with Crippen molar-refractivity contribution < 1.29 is 4.74 Å². The molecule has 0 saturated carbocycles. The molecule has 0 heterocycles. The lowest BCUT2D eigenvalue weighted by Gasteiger charge is -2.35. The van der Waals surface area contributed by atoms with Crippen LogP contribution in [0.2, 0.25) is 0 Å². The molecule has 270 valence electrons. The lowest BCUT2D eigenvalue weighted by Crippen LogP contribution is -2.28. The second-order valence-corrected chi connectivity index (χ2v) is 15.7. The molecule has 0 fully saturated rings. The zero-order valence-corrected chi connectivity index (χ0v) is 32.3. The van der Waals surface area contributed by atoms with Gasteiger partial charge < -0.3 is 9.64 Å². The van der Waals surface area contributed by atoms with E-state index in [4.69, 9.17) is 4.74 Å². The Morgan fingerprint density at radius 2 is 0.982 bits per heavy atom. The van der Waals surface area contributed by atoms with Crippen molar-refractivity contribution in [3.05, 3.63) is 227 Å². The number of nitrogens with zero attached hydrogens (tertiary/aromatic N) is 1. The van der Waals surface area contributed by atoms with E-state index < -0.39 is 5.41 Å². The van der Waals surface area contributed by atoms with Crippen molar-refractivity contribution in [1.29, 1.82) is 0 Å². The molecule has 2 heteroatoms. The molecule has 8 aromatic rings. The third-order valence-corrected chi connectivity index (χ3v) is 12.2. The fraction of sp³-hybridized carbons (Fsp3) is 0.111. The van der Waals surface area contributed by atoms with Gasteiger partial charge >= 0.3 is 0 Å². The Balaban J connectivity index is 1.17. The van der Waals surface area contributed by atoms with Gasteiger partial charge in [-0.3, -0.25) is 0 Å². The number of benzene rings is 8. The van der Waals surface area contributed by atoms with Crippen LogP contribution in [0.1, 0.15) is 52.8 Å². The van der Waals surface area contributed by atoms with Crippen LogP contribution in [0, 0.1) is 6.92 Å². The molecule has 2 nitrogen and oxygen atoms in total. The molecule has 2 aliphatic rings. The van der Waals surface area contributed by atoms with Gasteiger partial charge in [0.05, 0.1) is 18.2 Å². The van der Waals surface area contributed by atoms with Gasteiger partial charge in [-0.2, -0.15) is 0 Å². The number of rotatable bonds is 7. The summed E-state index contributed by atoms with van der Waals surface area (Å²) in [5, 5.41) is 0. The molecule has 0 amide bonds. The molecule has 0 radical (unpaired) electrons. The molecule has 0 spiro atoms. The number of anilines is 3. The topological polar surface area (TPSA) is 12.5 Å². The summed E-state index contributed by atoms with van der Waals surface area (Å²) in [5.74, 6) is 0.833. The van der Waals surface area contributed by atoms with E-state index in [0.29, 0.717) is 0 Å². The van der Waals surface area contributed by atoms with Crippen molar-refractivity contribution in [2.45, 2.75) is 31.6 Å². The highest BCUT2D eigenvalue weighted by Gasteiger charge is 2.46. The van der Waals surface area contributed by atoms with Crippen LogP contribution in [0.4, 0.5) is 17.1 Å². The standard InChI is InChI=1S/C54H43NO/c1-36-32-42(34-43(33-36)56-4)55(40-28-26-37(27-29-40)44-22-15-23-48-46-21-11-13-24-49(46)53(2,3)52(44)48)41-30-31-47-45-20-12-14-25-50(45)54(51(47)35-41,38-16-7-5-8-17-38)39-18-9-6-10-19-39/h5-35H,1-4H3. The second-order valence-electron chi connectivity index (χ2n) is 15.7. The average Bonchev–Trinajstić information content (AvgIpc) is 3.67. The highest BCUT2D eigenvalue weighted by molar-refractivity contribution is 5.91. The largest absolute Gasteiger partial charge is 0.497 e. The highest BCUT2D eigenvalue weighted by Crippen LogP contribution is 2.57. The fourth-order valence-electron chi connectivity index (χ4n) is 9.87. The second kappa shape index (κ2) is 13.0. The molecule has 0 N–H and O–H groups in total. The molecule has 10 rings (SSSR count). The van der Waals surface area contributed by atoms with Gasteiger partial charge in [0.25, 0.3) is 0 Å². The first-order valence-electron chi connectivity index (χ1n) is 19.5. The zero-order chi connectivity index (χ0) is 38.0. The minimum absolute atomic E-state index is 0.0999. The summed E-state index contributed by atoms with van der Waals surface area (Å²) in [5.41, 5.74) is 19.3. The number of methoxy groups -OCH3 is 1. The Morgan fingerprint density at radius 3 is 1.66 bits per heavy atom. The first-order valence-corrected chi connectivity index (χ1v) is 19.5. The number of hydrogen-bond acceptors (Lipinski definition) is 2. The summed E-state index contributed by atoms with van der Waals surface area (Å²) < 4.78 is 5.86.